The van der Waals surface area contributed by atoms with E-state index in [-0.39, 0.29) is 0 Å². The molecule has 0 bridgehead atoms. The van der Waals surface area contributed by atoms with Gasteiger partial charge in [0, 0.05) is 9.50 Å². The zero-order chi connectivity index (χ0) is 10.8. The van der Waals surface area contributed by atoms with E-state index in [0.29, 0.717) is 0 Å². The van der Waals surface area contributed by atoms with E-state index < -0.39 is 0 Å². The molecule has 0 aromatic heterocycles. The lowest BCUT2D eigenvalue weighted by atomic mass is 10.0. The van der Waals surface area contributed by atoms with Crippen molar-refractivity contribution in [3.63, 3.8) is 0 Å². The molecule has 15 heavy (non-hydrogen) atoms. The van der Waals surface area contributed by atoms with E-state index in [0.717, 1.165) is 20.6 Å². The molecular weight excluding hydrogens is 271 g/mol. The lowest BCUT2D eigenvalue weighted by Crippen LogP contribution is -1.80. The van der Waals surface area contributed by atoms with Crippen molar-refractivity contribution in [1.82, 2.24) is 0 Å². The second-order valence-corrected chi connectivity index (χ2v) is 4.80. The van der Waals surface area contributed by atoms with Crippen LogP contribution in [0.3, 0.4) is 0 Å². The molecule has 0 heterocycles. The maximum Gasteiger partial charge on any atom is 0.0441 e. The third-order valence-electron chi connectivity index (χ3n) is 2.33. The summed E-state index contributed by atoms with van der Waals surface area (Å²) in [5.41, 5.74) is 3.42. The van der Waals surface area contributed by atoms with E-state index in [4.69, 9.17) is 11.6 Å². The van der Waals surface area contributed by atoms with Crippen LogP contribution >= 0.6 is 27.5 Å². The highest BCUT2D eigenvalue weighted by atomic mass is 79.9. The van der Waals surface area contributed by atoms with Crippen molar-refractivity contribution in [1.29, 1.82) is 0 Å². The highest BCUT2D eigenvalue weighted by Gasteiger charge is 2.00. The SMILES string of the molecule is Cc1ccc(-c2cccc(Br)c2)cc1Cl. The minimum Gasteiger partial charge on any atom is -0.0840 e. The fraction of sp³-hybridized carbons (Fsp3) is 0.0769. The lowest BCUT2D eigenvalue weighted by Gasteiger charge is -2.04. The summed E-state index contributed by atoms with van der Waals surface area (Å²) < 4.78 is 1.08. The zero-order valence-corrected chi connectivity index (χ0v) is 10.6. The monoisotopic (exact) mass is 280 g/mol. The summed E-state index contributed by atoms with van der Waals surface area (Å²) in [6.45, 7) is 2.01. The maximum absolute atomic E-state index is 6.09. The Hall–Kier alpha value is -0.790. The van der Waals surface area contributed by atoms with Crippen molar-refractivity contribution in [3.05, 3.63) is 57.5 Å². The first kappa shape index (κ1) is 10.7. The predicted molar refractivity (Wildman–Crippen MR) is 69.3 cm³/mol. The molecule has 0 atom stereocenters. The highest BCUT2D eigenvalue weighted by molar-refractivity contribution is 9.10. The Morgan fingerprint density at radius 3 is 2.40 bits per heavy atom. The van der Waals surface area contributed by atoms with Crippen molar-refractivity contribution < 1.29 is 0 Å². The zero-order valence-electron chi connectivity index (χ0n) is 8.30. The van der Waals surface area contributed by atoms with Crippen LogP contribution in [-0.4, -0.2) is 0 Å². The summed E-state index contributed by atoms with van der Waals surface area (Å²) in [6, 6.07) is 14.3. The molecule has 0 amide bonds. The molecule has 0 aliphatic carbocycles. The lowest BCUT2D eigenvalue weighted by molar-refractivity contribution is 1.46. The Labute approximate surface area is 103 Å². The number of halogens is 2. The van der Waals surface area contributed by atoms with Crippen LogP contribution in [0.25, 0.3) is 11.1 Å². The number of rotatable bonds is 1. The summed E-state index contributed by atoms with van der Waals surface area (Å²) >= 11 is 9.55. The second-order valence-electron chi connectivity index (χ2n) is 3.47. The Morgan fingerprint density at radius 1 is 1.00 bits per heavy atom. The molecule has 0 N–H and O–H groups in total. The second kappa shape index (κ2) is 4.38. The van der Waals surface area contributed by atoms with Gasteiger partial charge in [0.05, 0.1) is 0 Å². The standard InChI is InChI=1S/C13H10BrCl/c1-9-5-6-11(8-13(9)15)10-3-2-4-12(14)7-10/h2-8H,1H3. The van der Waals surface area contributed by atoms with Gasteiger partial charge in [-0.2, -0.15) is 0 Å². The van der Waals surface area contributed by atoms with Crippen molar-refractivity contribution in [3.8, 4) is 11.1 Å². The van der Waals surface area contributed by atoms with Crippen LogP contribution in [0.15, 0.2) is 46.9 Å². The van der Waals surface area contributed by atoms with E-state index in [1.807, 2.05) is 31.2 Å². The smallest absolute Gasteiger partial charge is 0.0441 e. The first-order valence-electron chi connectivity index (χ1n) is 4.69. The molecule has 0 fully saturated rings. The third-order valence-corrected chi connectivity index (χ3v) is 3.23. The van der Waals surface area contributed by atoms with Gasteiger partial charge in [-0.25, -0.2) is 0 Å². The maximum atomic E-state index is 6.09. The van der Waals surface area contributed by atoms with E-state index in [1.165, 1.54) is 5.56 Å². The van der Waals surface area contributed by atoms with E-state index in [9.17, 15) is 0 Å². The third kappa shape index (κ3) is 2.42. The topological polar surface area (TPSA) is 0 Å². The van der Waals surface area contributed by atoms with Crippen LogP contribution in [0.5, 0.6) is 0 Å². The van der Waals surface area contributed by atoms with Gasteiger partial charge in [-0.3, -0.25) is 0 Å². The normalized spacial score (nSPS) is 10.3. The highest BCUT2D eigenvalue weighted by Crippen LogP contribution is 2.26. The number of benzene rings is 2. The Kier molecular flexibility index (Phi) is 3.13. The summed E-state index contributed by atoms with van der Waals surface area (Å²) in [5, 5.41) is 0.812. The van der Waals surface area contributed by atoms with Gasteiger partial charge in [-0.1, -0.05) is 51.8 Å². The number of aryl methyl sites for hydroxylation is 1. The Balaban J connectivity index is 2.50. The van der Waals surface area contributed by atoms with Crippen molar-refractivity contribution in [2.24, 2.45) is 0 Å². The Morgan fingerprint density at radius 2 is 1.73 bits per heavy atom. The van der Waals surface area contributed by atoms with E-state index >= 15 is 0 Å². The molecule has 0 saturated heterocycles. The van der Waals surface area contributed by atoms with Crippen LogP contribution < -0.4 is 0 Å². The fourth-order valence-corrected chi connectivity index (χ4v) is 2.02. The van der Waals surface area contributed by atoms with Crippen molar-refractivity contribution in [2.45, 2.75) is 6.92 Å². The van der Waals surface area contributed by atoms with Gasteiger partial charge in [0.15, 0.2) is 0 Å². The van der Waals surface area contributed by atoms with Crippen LogP contribution in [-0.2, 0) is 0 Å². The minimum atomic E-state index is 0.812. The average molecular weight is 282 g/mol. The molecule has 0 radical (unpaired) electrons. The van der Waals surface area contributed by atoms with E-state index in [1.54, 1.807) is 0 Å². The minimum absolute atomic E-state index is 0.812. The molecule has 0 aliphatic heterocycles. The summed E-state index contributed by atoms with van der Waals surface area (Å²) in [4.78, 5) is 0. The van der Waals surface area contributed by atoms with Gasteiger partial charge in [0.25, 0.3) is 0 Å². The largest absolute Gasteiger partial charge is 0.0840 e. The molecule has 0 unspecified atom stereocenters. The van der Waals surface area contributed by atoms with Gasteiger partial charge >= 0.3 is 0 Å². The number of hydrogen-bond donors (Lipinski definition) is 0. The molecule has 0 saturated carbocycles. The van der Waals surface area contributed by atoms with E-state index in [2.05, 4.69) is 34.1 Å². The van der Waals surface area contributed by atoms with Gasteiger partial charge in [0.2, 0.25) is 0 Å². The molecule has 2 rings (SSSR count). The summed E-state index contributed by atoms with van der Waals surface area (Å²) in [6.07, 6.45) is 0. The van der Waals surface area contributed by atoms with Crippen LogP contribution in [0.4, 0.5) is 0 Å². The molecule has 0 aliphatic rings. The summed E-state index contributed by atoms with van der Waals surface area (Å²) in [5.74, 6) is 0. The first-order chi connectivity index (χ1) is 7.16. The van der Waals surface area contributed by atoms with Crippen molar-refractivity contribution >= 4 is 27.5 Å². The predicted octanol–water partition coefficient (Wildman–Crippen LogP) is 5.08. The molecule has 2 heteroatoms. The molecule has 76 valence electrons. The molecule has 2 aromatic carbocycles. The fourth-order valence-electron chi connectivity index (χ4n) is 1.44. The van der Waals surface area contributed by atoms with Crippen molar-refractivity contribution in [2.75, 3.05) is 0 Å². The van der Waals surface area contributed by atoms with Gasteiger partial charge < -0.3 is 0 Å². The molecular formula is C13H10BrCl. The van der Waals surface area contributed by atoms with Crippen LogP contribution in [0.1, 0.15) is 5.56 Å². The van der Waals surface area contributed by atoms with Gasteiger partial charge in [-0.05, 0) is 41.8 Å². The Bertz CT molecular complexity index is 492. The molecule has 0 nitrogen and oxygen atoms in total. The van der Waals surface area contributed by atoms with Crippen LogP contribution in [0.2, 0.25) is 5.02 Å². The van der Waals surface area contributed by atoms with Gasteiger partial charge in [0.1, 0.15) is 0 Å². The first-order valence-corrected chi connectivity index (χ1v) is 5.86. The molecule has 0 spiro atoms. The quantitative estimate of drug-likeness (QED) is 0.684. The summed E-state index contributed by atoms with van der Waals surface area (Å²) in [7, 11) is 0. The van der Waals surface area contributed by atoms with Crippen LogP contribution in [0, 0.1) is 6.92 Å². The average Bonchev–Trinajstić information content (AvgIpc) is 2.22. The number of hydrogen-bond acceptors (Lipinski definition) is 0. The van der Waals surface area contributed by atoms with Gasteiger partial charge in [-0.15, -0.1) is 0 Å². The molecule has 2 aromatic rings.